The highest BCUT2D eigenvalue weighted by Crippen LogP contribution is 2.45. The molecule has 0 aromatic heterocycles. The van der Waals surface area contributed by atoms with E-state index < -0.39 is 0 Å². The number of benzene rings is 1. The minimum absolute atomic E-state index is 0.231. The van der Waals surface area contributed by atoms with Gasteiger partial charge in [-0.2, -0.15) is 0 Å². The van der Waals surface area contributed by atoms with E-state index in [1.807, 2.05) is 6.07 Å². The molecule has 1 saturated carbocycles. The third-order valence-electron chi connectivity index (χ3n) is 5.17. The second-order valence-electron chi connectivity index (χ2n) is 6.85. The van der Waals surface area contributed by atoms with E-state index in [9.17, 15) is 0 Å². The predicted octanol–water partition coefficient (Wildman–Crippen LogP) is 6.11. The summed E-state index contributed by atoms with van der Waals surface area (Å²) in [6, 6.07) is 6.39. The first-order chi connectivity index (χ1) is 10.3. The molecule has 1 heterocycles. The highest BCUT2D eigenvalue weighted by molar-refractivity contribution is 5.68. The largest absolute Gasteiger partial charge is 0.128 e. The highest BCUT2D eigenvalue weighted by atomic mass is 15.5. The van der Waals surface area contributed by atoms with Crippen LogP contribution in [0.5, 0.6) is 0 Å². The average Bonchev–Trinajstić information content (AvgIpc) is 2.95. The van der Waals surface area contributed by atoms with E-state index in [-0.39, 0.29) is 5.41 Å². The molecule has 3 rings (SSSR count). The molecule has 0 atom stereocenters. The fourth-order valence-electron chi connectivity index (χ4n) is 3.80. The summed E-state index contributed by atoms with van der Waals surface area (Å²) in [5, 5.41) is 8.17. The lowest BCUT2D eigenvalue weighted by atomic mass is 9.73. The minimum Gasteiger partial charge on any atom is -0.128 e. The first-order valence-corrected chi connectivity index (χ1v) is 8.55. The number of rotatable bonds is 1. The summed E-state index contributed by atoms with van der Waals surface area (Å²) in [4.78, 5) is 0. The Hall–Kier alpha value is -1.38. The summed E-state index contributed by atoms with van der Waals surface area (Å²) in [5.41, 5.74) is 7.70. The molecule has 0 bridgehead atoms. The lowest BCUT2D eigenvalue weighted by Crippen LogP contribution is -2.22. The second kappa shape index (κ2) is 6.59. The molecule has 3 heteroatoms. The van der Waals surface area contributed by atoms with Crippen molar-refractivity contribution >= 4 is 11.4 Å². The van der Waals surface area contributed by atoms with Crippen molar-refractivity contribution in [2.24, 2.45) is 10.3 Å². The lowest BCUT2D eigenvalue weighted by Gasteiger charge is -2.31. The highest BCUT2D eigenvalue weighted by Gasteiger charge is 2.31. The van der Waals surface area contributed by atoms with E-state index in [0.29, 0.717) is 0 Å². The van der Waals surface area contributed by atoms with Gasteiger partial charge in [0.1, 0.15) is 11.4 Å². The van der Waals surface area contributed by atoms with E-state index in [4.69, 9.17) is 0 Å². The normalized spacial score (nSPS) is 22.1. The van der Waals surface area contributed by atoms with Crippen LogP contribution in [0.25, 0.3) is 0 Å². The molecule has 0 unspecified atom stereocenters. The van der Waals surface area contributed by atoms with Gasteiger partial charge in [-0.05, 0) is 35.1 Å². The summed E-state index contributed by atoms with van der Waals surface area (Å²) in [7, 11) is 0. The maximum absolute atomic E-state index is 4.29. The Balaban J connectivity index is 1.85. The minimum atomic E-state index is 0.231. The van der Waals surface area contributed by atoms with Crippen LogP contribution in [-0.2, 0) is 5.41 Å². The SMILES string of the molecule is CC1(c2cccc3c2N=N[N]3)CCCCCCCCCC1. The van der Waals surface area contributed by atoms with Gasteiger partial charge in [-0.25, -0.2) is 0 Å². The molecule has 3 nitrogen and oxygen atoms in total. The quantitative estimate of drug-likeness (QED) is 0.597. The van der Waals surface area contributed by atoms with Gasteiger partial charge in [-0.1, -0.05) is 70.4 Å². The molecule has 1 aliphatic carbocycles. The lowest BCUT2D eigenvalue weighted by molar-refractivity contribution is 0.371. The van der Waals surface area contributed by atoms with E-state index >= 15 is 0 Å². The summed E-state index contributed by atoms with van der Waals surface area (Å²) >= 11 is 0. The second-order valence-corrected chi connectivity index (χ2v) is 6.85. The van der Waals surface area contributed by atoms with Crippen molar-refractivity contribution in [2.45, 2.75) is 76.5 Å². The summed E-state index contributed by atoms with van der Waals surface area (Å²) in [5.74, 6) is 0. The Morgan fingerprint density at radius 1 is 0.857 bits per heavy atom. The Morgan fingerprint density at radius 3 is 2.14 bits per heavy atom. The van der Waals surface area contributed by atoms with Crippen LogP contribution in [0.3, 0.4) is 0 Å². The monoisotopic (exact) mass is 284 g/mol. The molecule has 0 N–H and O–H groups in total. The molecular weight excluding hydrogens is 258 g/mol. The van der Waals surface area contributed by atoms with Crippen LogP contribution >= 0.6 is 0 Å². The Morgan fingerprint density at radius 2 is 1.48 bits per heavy atom. The van der Waals surface area contributed by atoms with Crippen molar-refractivity contribution in [3.05, 3.63) is 23.8 Å². The van der Waals surface area contributed by atoms with Gasteiger partial charge in [0.15, 0.2) is 0 Å². The zero-order valence-electron chi connectivity index (χ0n) is 13.1. The number of hydrogen-bond donors (Lipinski definition) is 0. The van der Waals surface area contributed by atoms with Gasteiger partial charge in [-0.15, -0.1) is 10.5 Å². The average molecular weight is 284 g/mol. The Bertz CT molecular complexity index is 495. The third-order valence-corrected chi connectivity index (χ3v) is 5.17. The molecule has 2 aliphatic rings. The molecule has 0 spiro atoms. The van der Waals surface area contributed by atoms with Crippen molar-refractivity contribution in [3.8, 4) is 0 Å². The van der Waals surface area contributed by atoms with E-state index in [1.165, 1.54) is 69.8 Å². The van der Waals surface area contributed by atoms with Gasteiger partial charge >= 0.3 is 0 Å². The van der Waals surface area contributed by atoms with Gasteiger partial charge < -0.3 is 0 Å². The van der Waals surface area contributed by atoms with Crippen molar-refractivity contribution in [2.75, 3.05) is 0 Å². The van der Waals surface area contributed by atoms with E-state index in [0.717, 1.165) is 11.4 Å². The van der Waals surface area contributed by atoms with Crippen LogP contribution in [0.1, 0.15) is 76.7 Å². The standard InChI is InChI=1S/C18H26N3/c1-18(13-8-6-4-2-3-5-7-9-14-18)15-11-10-12-16-17(15)20-21-19-16/h10-12H,2-9,13-14H2,1H3. The fourth-order valence-corrected chi connectivity index (χ4v) is 3.80. The predicted molar refractivity (Wildman–Crippen MR) is 86.3 cm³/mol. The van der Waals surface area contributed by atoms with Gasteiger partial charge in [0.25, 0.3) is 0 Å². The number of nitrogens with zero attached hydrogens (tertiary/aromatic N) is 3. The van der Waals surface area contributed by atoms with Crippen LogP contribution in [0.4, 0.5) is 11.4 Å². The molecule has 1 fully saturated rings. The number of hydrogen-bond acceptors (Lipinski definition) is 2. The molecule has 1 aromatic carbocycles. The van der Waals surface area contributed by atoms with Gasteiger partial charge in [-0.3, -0.25) is 0 Å². The zero-order chi connectivity index (χ0) is 14.5. The zero-order valence-corrected chi connectivity index (χ0v) is 13.1. The van der Waals surface area contributed by atoms with E-state index in [1.54, 1.807) is 0 Å². The van der Waals surface area contributed by atoms with Crippen LogP contribution in [-0.4, -0.2) is 0 Å². The van der Waals surface area contributed by atoms with E-state index in [2.05, 4.69) is 34.8 Å². The summed E-state index contributed by atoms with van der Waals surface area (Å²) in [6.45, 7) is 2.42. The number of fused-ring (bicyclic) bond motifs is 1. The Labute approximate surface area is 128 Å². The molecule has 1 aromatic rings. The smallest absolute Gasteiger partial charge is 0.119 e. The van der Waals surface area contributed by atoms with Crippen molar-refractivity contribution < 1.29 is 0 Å². The van der Waals surface area contributed by atoms with Crippen LogP contribution < -0.4 is 5.43 Å². The molecule has 1 radical (unpaired) electrons. The van der Waals surface area contributed by atoms with Gasteiger partial charge in [0.05, 0.1) is 0 Å². The Kier molecular flexibility index (Phi) is 4.57. The topological polar surface area (TPSA) is 38.8 Å². The first kappa shape index (κ1) is 14.6. The molecule has 0 amide bonds. The van der Waals surface area contributed by atoms with Crippen molar-refractivity contribution in [1.29, 1.82) is 0 Å². The van der Waals surface area contributed by atoms with Crippen molar-refractivity contribution in [3.63, 3.8) is 0 Å². The summed E-state index contributed by atoms with van der Waals surface area (Å²) < 4.78 is 0. The van der Waals surface area contributed by atoms with Crippen molar-refractivity contribution in [1.82, 2.24) is 5.43 Å². The molecular formula is C18H26N3. The van der Waals surface area contributed by atoms with Crippen LogP contribution in [0.2, 0.25) is 0 Å². The fraction of sp³-hybridized carbons (Fsp3) is 0.667. The molecule has 21 heavy (non-hydrogen) atoms. The maximum atomic E-state index is 4.29. The van der Waals surface area contributed by atoms with Crippen LogP contribution in [0, 0.1) is 0 Å². The van der Waals surface area contributed by atoms with Crippen LogP contribution in [0.15, 0.2) is 28.5 Å². The molecule has 1 aliphatic heterocycles. The van der Waals surface area contributed by atoms with Gasteiger partial charge in [0.2, 0.25) is 0 Å². The third kappa shape index (κ3) is 3.28. The first-order valence-electron chi connectivity index (χ1n) is 8.55. The maximum Gasteiger partial charge on any atom is 0.119 e. The molecule has 0 saturated heterocycles. The van der Waals surface area contributed by atoms with Gasteiger partial charge in [0, 0.05) is 0 Å². The summed E-state index contributed by atoms with van der Waals surface area (Å²) in [6.07, 6.45) is 13.6. The molecule has 113 valence electrons.